The fourth-order valence-electron chi connectivity index (χ4n) is 3.28. The molecule has 0 saturated heterocycles. The number of carboxylic acids is 1. The Morgan fingerprint density at radius 3 is 1.40 bits per heavy atom. The van der Waals surface area contributed by atoms with Crippen molar-refractivity contribution in [1.29, 1.82) is 0 Å². The van der Waals surface area contributed by atoms with Crippen LogP contribution in [0.4, 0.5) is 0 Å². The monoisotopic (exact) mass is 604 g/mol. The first kappa shape index (κ1) is 38.8. The molecule has 0 radical (unpaired) electrons. The highest BCUT2D eigenvalue weighted by Crippen LogP contribution is 2.27. The van der Waals surface area contributed by atoms with Crippen LogP contribution < -0.4 is 0 Å². The van der Waals surface area contributed by atoms with Crippen molar-refractivity contribution in [2.45, 2.75) is 143 Å². The van der Waals surface area contributed by atoms with E-state index in [1.807, 2.05) is 20.8 Å². The maximum Gasteiger partial charge on any atom is 0.352 e. The number of carboxylic acid groups (broad SMARTS) is 1. The summed E-state index contributed by atoms with van der Waals surface area (Å²) < 4.78 is 32.7. The Bertz CT molecular complexity index is 928. The molecular formula is C29H48O13. The molecule has 0 heterocycles. The van der Waals surface area contributed by atoms with Gasteiger partial charge >= 0.3 is 35.8 Å². The van der Waals surface area contributed by atoms with Crippen LogP contribution in [-0.2, 0) is 57.2 Å². The predicted molar refractivity (Wildman–Crippen MR) is 148 cm³/mol. The quantitative estimate of drug-likeness (QED) is 0.157. The lowest BCUT2D eigenvalue weighted by Gasteiger charge is -2.36. The molecule has 13 heteroatoms. The summed E-state index contributed by atoms with van der Waals surface area (Å²) in [6.07, 6.45) is -8.07. The van der Waals surface area contributed by atoms with Crippen LogP contribution in [0.3, 0.4) is 0 Å². The summed E-state index contributed by atoms with van der Waals surface area (Å²) >= 11 is 0. The highest BCUT2D eigenvalue weighted by Gasteiger charge is 2.51. The smallest absolute Gasteiger partial charge is 0.352 e. The highest BCUT2D eigenvalue weighted by atomic mass is 16.7. The van der Waals surface area contributed by atoms with Crippen molar-refractivity contribution in [2.75, 3.05) is 6.61 Å². The molecule has 1 N–H and O–H groups in total. The van der Waals surface area contributed by atoms with Crippen molar-refractivity contribution in [3.63, 3.8) is 0 Å². The highest BCUT2D eigenvalue weighted by molar-refractivity contribution is 5.83. The van der Waals surface area contributed by atoms with E-state index in [4.69, 9.17) is 28.4 Å². The average Bonchev–Trinajstić information content (AvgIpc) is 2.95. The zero-order valence-corrected chi connectivity index (χ0v) is 26.3. The topological polar surface area (TPSA) is 178 Å². The van der Waals surface area contributed by atoms with E-state index in [0.29, 0.717) is 6.42 Å². The molecule has 0 saturated carbocycles. The number of carbonyl (C=O) groups excluding carboxylic acids is 5. The van der Waals surface area contributed by atoms with Crippen LogP contribution in [0, 0.1) is 0 Å². The maximum atomic E-state index is 13.7. The van der Waals surface area contributed by atoms with Gasteiger partial charge in [0, 0.05) is 32.1 Å². The van der Waals surface area contributed by atoms with Crippen molar-refractivity contribution in [1.82, 2.24) is 0 Å². The molecule has 0 fully saturated rings. The van der Waals surface area contributed by atoms with Crippen LogP contribution in [0.5, 0.6) is 0 Å². The van der Waals surface area contributed by atoms with Crippen LogP contribution in [0.25, 0.3) is 0 Å². The lowest BCUT2D eigenvalue weighted by molar-refractivity contribution is -0.214. The van der Waals surface area contributed by atoms with Gasteiger partial charge in [-0.3, -0.25) is 19.2 Å². The summed E-state index contributed by atoms with van der Waals surface area (Å²) in [5.74, 6) is -6.74. The Labute approximate surface area is 247 Å². The number of hydrogen-bond acceptors (Lipinski definition) is 12. The molecule has 0 aromatic carbocycles. The van der Waals surface area contributed by atoms with Crippen LogP contribution in [0.2, 0.25) is 0 Å². The van der Waals surface area contributed by atoms with Gasteiger partial charge in [-0.2, -0.15) is 0 Å². The van der Waals surface area contributed by atoms with Gasteiger partial charge in [-0.1, -0.05) is 41.5 Å². The van der Waals surface area contributed by atoms with Crippen LogP contribution in [0.15, 0.2) is 0 Å². The number of ether oxygens (including phenoxy) is 6. The first-order valence-corrected chi connectivity index (χ1v) is 14.4. The zero-order valence-electron chi connectivity index (χ0n) is 26.3. The summed E-state index contributed by atoms with van der Waals surface area (Å²) in [6.45, 7) is 15.1. The van der Waals surface area contributed by atoms with E-state index in [2.05, 4.69) is 0 Å². The van der Waals surface area contributed by atoms with Gasteiger partial charge in [0.25, 0.3) is 0 Å². The Hall–Kier alpha value is -3.22. The average molecular weight is 605 g/mol. The van der Waals surface area contributed by atoms with Gasteiger partial charge < -0.3 is 33.5 Å². The van der Waals surface area contributed by atoms with E-state index >= 15 is 0 Å². The molecule has 5 unspecified atom stereocenters. The van der Waals surface area contributed by atoms with Gasteiger partial charge in [0.05, 0.1) is 12.2 Å². The third-order valence-electron chi connectivity index (χ3n) is 6.67. The van der Waals surface area contributed by atoms with Crippen molar-refractivity contribution in [3.05, 3.63) is 0 Å². The molecule has 0 bridgehead atoms. The first-order valence-electron chi connectivity index (χ1n) is 14.4. The third kappa shape index (κ3) is 13.2. The predicted octanol–water partition coefficient (Wildman–Crippen LogP) is 3.67. The second-order valence-electron chi connectivity index (χ2n) is 10.4. The molecule has 0 spiro atoms. The summed E-state index contributed by atoms with van der Waals surface area (Å²) in [5.41, 5.74) is -1.57. The number of hydrogen-bond donors (Lipinski definition) is 1. The van der Waals surface area contributed by atoms with E-state index in [9.17, 15) is 33.9 Å². The van der Waals surface area contributed by atoms with Gasteiger partial charge in [-0.25, -0.2) is 9.59 Å². The SMILES string of the molecule is CCC(=O)OC(C(=O)O)C(OC(=O)CC)C(OC(=O)CC)C(OC(=O)CC)C(=O)OC(C)(CC)CCOC(C)(C)CC. The van der Waals surface area contributed by atoms with E-state index in [1.165, 1.54) is 27.7 Å². The molecule has 0 aromatic rings. The molecule has 0 aromatic heterocycles. The number of rotatable bonds is 20. The zero-order chi connectivity index (χ0) is 32.7. The summed E-state index contributed by atoms with van der Waals surface area (Å²) in [4.78, 5) is 75.4. The molecule has 0 aliphatic heterocycles. The third-order valence-corrected chi connectivity index (χ3v) is 6.67. The Balaban J connectivity index is 6.82. The van der Waals surface area contributed by atoms with Crippen molar-refractivity contribution in [2.24, 2.45) is 0 Å². The van der Waals surface area contributed by atoms with Crippen molar-refractivity contribution < 1.29 is 62.3 Å². The van der Waals surface area contributed by atoms with Gasteiger partial charge in [-0.05, 0) is 33.6 Å². The Morgan fingerprint density at radius 1 is 0.619 bits per heavy atom. The van der Waals surface area contributed by atoms with E-state index in [0.717, 1.165) is 6.42 Å². The second-order valence-corrected chi connectivity index (χ2v) is 10.4. The van der Waals surface area contributed by atoms with Crippen LogP contribution >= 0.6 is 0 Å². The number of carbonyl (C=O) groups is 6. The minimum atomic E-state index is -2.22. The summed E-state index contributed by atoms with van der Waals surface area (Å²) in [6, 6.07) is 0. The van der Waals surface area contributed by atoms with Gasteiger partial charge in [0.2, 0.25) is 12.2 Å². The number of esters is 5. The minimum Gasteiger partial charge on any atom is -0.478 e. The molecule has 13 nitrogen and oxygen atoms in total. The first-order chi connectivity index (χ1) is 19.5. The molecular weight excluding hydrogens is 556 g/mol. The lowest BCUT2D eigenvalue weighted by Crippen LogP contribution is -2.57. The molecule has 0 amide bonds. The Kier molecular flexibility index (Phi) is 16.9. The molecule has 242 valence electrons. The standard InChI is InChI=1S/C29H48O13/c1-10-18(30)38-22(24(26(34)35)40-20(32)12-3)23(39-19(31)11-2)25(41-21(33)13-4)27(36)42-29(9,15-6)16-17-37-28(7,8)14-5/h22-25H,10-17H2,1-9H3,(H,34,35). The normalized spacial score (nSPS) is 15.6. The molecule has 42 heavy (non-hydrogen) atoms. The van der Waals surface area contributed by atoms with Crippen molar-refractivity contribution in [3.8, 4) is 0 Å². The van der Waals surface area contributed by atoms with E-state index < -0.39 is 71.4 Å². The Morgan fingerprint density at radius 2 is 1.02 bits per heavy atom. The lowest BCUT2D eigenvalue weighted by atomic mass is 9.97. The maximum absolute atomic E-state index is 13.7. The fraction of sp³-hybridized carbons (Fsp3) is 0.793. The van der Waals surface area contributed by atoms with E-state index in [1.54, 1.807) is 13.8 Å². The van der Waals surface area contributed by atoms with Crippen LogP contribution in [0.1, 0.15) is 107 Å². The molecule has 0 aliphatic rings. The largest absolute Gasteiger partial charge is 0.478 e. The van der Waals surface area contributed by atoms with Crippen molar-refractivity contribution >= 4 is 35.8 Å². The minimum absolute atomic E-state index is 0.212. The molecule has 5 atom stereocenters. The molecule has 0 rings (SSSR count). The van der Waals surface area contributed by atoms with Gasteiger partial charge in [0.1, 0.15) is 5.60 Å². The van der Waals surface area contributed by atoms with Gasteiger partial charge in [0.15, 0.2) is 12.2 Å². The second kappa shape index (κ2) is 18.3. The number of aliphatic carboxylic acids is 1. The van der Waals surface area contributed by atoms with Crippen LogP contribution in [-0.4, -0.2) is 83.1 Å². The fourth-order valence-corrected chi connectivity index (χ4v) is 3.28. The van der Waals surface area contributed by atoms with Gasteiger partial charge in [-0.15, -0.1) is 0 Å². The van der Waals surface area contributed by atoms with E-state index in [-0.39, 0.29) is 38.7 Å². The summed E-state index contributed by atoms with van der Waals surface area (Å²) in [5, 5.41) is 9.92. The summed E-state index contributed by atoms with van der Waals surface area (Å²) in [7, 11) is 0. The molecule has 0 aliphatic carbocycles.